The zero-order valence-corrected chi connectivity index (χ0v) is 18.1. The first-order chi connectivity index (χ1) is 14.4. The Morgan fingerprint density at radius 1 is 1.03 bits per heavy atom. The fourth-order valence-electron chi connectivity index (χ4n) is 7.31. The van der Waals surface area contributed by atoms with Crippen LogP contribution < -0.4 is 0 Å². The summed E-state index contributed by atoms with van der Waals surface area (Å²) in [5.74, 6) is 1.91. The normalized spacial score (nSPS) is 42.0. The van der Waals surface area contributed by atoms with Crippen molar-refractivity contribution in [3.63, 3.8) is 0 Å². The molecule has 0 amide bonds. The lowest BCUT2D eigenvalue weighted by Gasteiger charge is -2.57. The Kier molecular flexibility index (Phi) is 4.96. The van der Waals surface area contributed by atoms with Gasteiger partial charge in [-0.2, -0.15) is 10.2 Å². The highest BCUT2D eigenvalue weighted by atomic mass is 19.1. The summed E-state index contributed by atoms with van der Waals surface area (Å²) in [6, 6.07) is 6.38. The number of rotatable bonds is 2. The van der Waals surface area contributed by atoms with E-state index in [1.54, 1.807) is 18.3 Å². The number of aliphatic hydroxyl groups excluding tert-OH is 1. The lowest BCUT2D eigenvalue weighted by Crippen LogP contribution is -2.50. The van der Waals surface area contributed by atoms with Crippen LogP contribution in [0.25, 0.3) is 0 Å². The third-order valence-corrected chi connectivity index (χ3v) is 9.07. The molecule has 1 N–H and O–H groups in total. The van der Waals surface area contributed by atoms with E-state index in [4.69, 9.17) is 0 Å². The van der Waals surface area contributed by atoms with Gasteiger partial charge in [0.1, 0.15) is 5.82 Å². The molecule has 3 fully saturated rings. The maximum Gasteiger partial charge on any atom is 0.123 e. The van der Waals surface area contributed by atoms with Gasteiger partial charge in [-0.15, -0.1) is 0 Å². The fourth-order valence-corrected chi connectivity index (χ4v) is 7.31. The number of hydrogen-bond donors (Lipinski definition) is 1. The third-order valence-electron chi connectivity index (χ3n) is 9.07. The topological polar surface area (TPSA) is 45.0 Å². The van der Waals surface area contributed by atoms with E-state index in [1.165, 1.54) is 42.7 Å². The van der Waals surface area contributed by atoms with Crippen molar-refractivity contribution >= 4 is 11.9 Å². The number of hydrogen-bond acceptors (Lipinski definition) is 3. The predicted octanol–water partition coefficient (Wildman–Crippen LogP) is 5.92. The summed E-state index contributed by atoms with van der Waals surface area (Å²) in [6.07, 6.45) is 12.9. The van der Waals surface area contributed by atoms with E-state index in [0.29, 0.717) is 5.92 Å². The molecule has 160 valence electrons. The smallest absolute Gasteiger partial charge is 0.123 e. The Morgan fingerprint density at radius 2 is 1.77 bits per heavy atom. The van der Waals surface area contributed by atoms with Gasteiger partial charge in [-0.05, 0) is 92.2 Å². The van der Waals surface area contributed by atoms with Crippen LogP contribution in [-0.4, -0.2) is 23.1 Å². The average Bonchev–Trinajstić information content (AvgIpc) is 3.06. The van der Waals surface area contributed by atoms with Crippen molar-refractivity contribution in [3.05, 3.63) is 47.3 Å². The van der Waals surface area contributed by atoms with Crippen LogP contribution in [0.4, 0.5) is 4.39 Å². The van der Waals surface area contributed by atoms with Crippen LogP contribution in [0.2, 0.25) is 0 Å². The van der Waals surface area contributed by atoms with E-state index < -0.39 is 0 Å². The van der Waals surface area contributed by atoms with Gasteiger partial charge >= 0.3 is 0 Å². The Bertz CT molecular complexity index is 904. The first kappa shape index (κ1) is 20.1. The van der Waals surface area contributed by atoms with Crippen LogP contribution in [0.3, 0.4) is 0 Å². The van der Waals surface area contributed by atoms with Crippen LogP contribution in [0.5, 0.6) is 0 Å². The maximum absolute atomic E-state index is 13.1. The summed E-state index contributed by atoms with van der Waals surface area (Å²) >= 11 is 0. The Balaban J connectivity index is 1.37. The van der Waals surface area contributed by atoms with E-state index >= 15 is 0 Å². The second-order valence-electron chi connectivity index (χ2n) is 10.5. The summed E-state index contributed by atoms with van der Waals surface area (Å²) in [6.45, 7) is 4.89. The molecule has 0 aliphatic heterocycles. The van der Waals surface area contributed by atoms with Crippen molar-refractivity contribution in [2.45, 2.75) is 71.3 Å². The first-order valence-corrected chi connectivity index (χ1v) is 11.6. The van der Waals surface area contributed by atoms with Crippen molar-refractivity contribution in [3.8, 4) is 0 Å². The standard InChI is InChI=1S/C26H33FN2O/c1-25-13-11-20(30)15-18(25)5-8-21-22-9-10-24(26(22,2)14-12-23(21)25)29-28-16-17-3-6-19(27)7-4-17/h3-7,16,20-23,30H,8-15H2,1-2H3/b28-16-,29-24-/t20-,21+,22+,23+,25-,26-/m0/s1. The number of fused-ring (bicyclic) bond motifs is 5. The molecule has 6 atom stereocenters. The molecule has 30 heavy (non-hydrogen) atoms. The molecule has 4 heteroatoms. The largest absolute Gasteiger partial charge is 0.393 e. The third kappa shape index (κ3) is 3.19. The van der Waals surface area contributed by atoms with Gasteiger partial charge in [-0.3, -0.25) is 0 Å². The molecule has 3 saturated carbocycles. The van der Waals surface area contributed by atoms with Crippen molar-refractivity contribution in [1.29, 1.82) is 0 Å². The lowest BCUT2D eigenvalue weighted by atomic mass is 9.48. The lowest BCUT2D eigenvalue weighted by molar-refractivity contribution is -0.0209. The zero-order valence-electron chi connectivity index (χ0n) is 18.1. The molecule has 3 nitrogen and oxygen atoms in total. The number of nitrogens with zero attached hydrogens (tertiary/aromatic N) is 2. The van der Waals surface area contributed by atoms with Crippen LogP contribution >= 0.6 is 0 Å². The van der Waals surface area contributed by atoms with Crippen LogP contribution in [-0.2, 0) is 0 Å². The Hall–Kier alpha value is -1.81. The second kappa shape index (κ2) is 7.40. The summed E-state index contributed by atoms with van der Waals surface area (Å²) in [5, 5.41) is 19.2. The molecular formula is C26H33FN2O. The number of aliphatic hydroxyl groups is 1. The van der Waals surface area contributed by atoms with E-state index in [-0.39, 0.29) is 22.8 Å². The van der Waals surface area contributed by atoms with Gasteiger partial charge in [-0.25, -0.2) is 4.39 Å². The Labute approximate surface area is 179 Å². The van der Waals surface area contributed by atoms with Gasteiger partial charge in [0.15, 0.2) is 0 Å². The highest BCUT2D eigenvalue weighted by Crippen LogP contribution is 2.64. The molecule has 4 aliphatic rings. The van der Waals surface area contributed by atoms with E-state index in [9.17, 15) is 9.50 Å². The molecule has 5 rings (SSSR count). The monoisotopic (exact) mass is 408 g/mol. The van der Waals surface area contributed by atoms with Gasteiger partial charge in [-0.1, -0.05) is 37.6 Å². The molecule has 0 aromatic heterocycles. The van der Waals surface area contributed by atoms with Crippen LogP contribution in [0, 0.1) is 34.4 Å². The van der Waals surface area contributed by atoms with E-state index in [1.807, 2.05) is 0 Å². The van der Waals surface area contributed by atoms with Crippen molar-refractivity contribution < 1.29 is 9.50 Å². The van der Waals surface area contributed by atoms with Gasteiger partial charge in [0.05, 0.1) is 12.3 Å². The summed E-state index contributed by atoms with van der Waals surface area (Å²) < 4.78 is 13.1. The quantitative estimate of drug-likeness (QED) is 0.368. The average molecular weight is 409 g/mol. The number of halogens is 1. The van der Waals surface area contributed by atoms with Gasteiger partial charge in [0.2, 0.25) is 0 Å². The van der Waals surface area contributed by atoms with Crippen LogP contribution in [0.15, 0.2) is 46.1 Å². The molecule has 0 unspecified atom stereocenters. The summed E-state index contributed by atoms with van der Waals surface area (Å²) in [5.41, 5.74) is 4.09. The second-order valence-corrected chi connectivity index (χ2v) is 10.5. The minimum absolute atomic E-state index is 0.140. The zero-order chi connectivity index (χ0) is 20.9. The Morgan fingerprint density at radius 3 is 2.57 bits per heavy atom. The molecule has 1 aromatic carbocycles. The fraction of sp³-hybridized carbons (Fsp3) is 0.615. The highest BCUT2D eigenvalue weighted by molar-refractivity contribution is 5.93. The van der Waals surface area contributed by atoms with Gasteiger partial charge < -0.3 is 5.11 Å². The molecule has 0 spiro atoms. The minimum Gasteiger partial charge on any atom is -0.393 e. The van der Waals surface area contributed by atoms with E-state index in [2.05, 4.69) is 30.1 Å². The van der Waals surface area contributed by atoms with Gasteiger partial charge in [0.25, 0.3) is 0 Å². The maximum atomic E-state index is 13.1. The van der Waals surface area contributed by atoms with Gasteiger partial charge in [0, 0.05) is 11.1 Å². The van der Waals surface area contributed by atoms with Crippen molar-refractivity contribution in [2.24, 2.45) is 38.8 Å². The number of benzene rings is 1. The van der Waals surface area contributed by atoms with Crippen molar-refractivity contribution in [1.82, 2.24) is 0 Å². The molecule has 1 aromatic rings. The first-order valence-electron chi connectivity index (χ1n) is 11.6. The highest BCUT2D eigenvalue weighted by Gasteiger charge is 2.57. The predicted molar refractivity (Wildman–Crippen MR) is 119 cm³/mol. The molecule has 0 radical (unpaired) electrons. The number of allylic oxidation sites excluding steroid dienone is 1. The molecule has 4 aliphatic carbocycles. The summed E-state index contributed by atoms with van der Waals surface area (Å²) in [7, 11) is 0. The molecule has 0 saturated heterocycles. The summed E-state index contributed by atoms with van der Waals surface area (Å²) in [4.78, 5) is 0. The molecular weight excluding hydrogens is 375 g/mol. The SMILES string of the molecule is C[C@]12CC[C@H](O)CC1=CC[C@H]1[C@H]2CC[C@]2(C)/C(=N\N=C/c3ccc(F)cc3)CC[C@H]12. The van der Waals surface area contributed by atoms with Crippen molar-refractivity contribution in [2.75, 3.05) is 0 Å². The van der Waals surface area contributed by atoms with Crippen LogP contribution in [0.1, 0.15) is 70.8 Å². The minimum atomic E-state index is -0.229. The molecule has 0 bridgehead atoms. The molecule has 0 heterocycles. The van der Waals surface area contributed by atoms with E-state index in [0.717, 1.165) is 49.5 Å².